The van der Waals surface area contributed by atoms with Gasteiger partial charge in [-0.15, -0.1) is 23.1 Å². The summed E-state index contributed by atoms with van der Waals surface area (Å²) in [6.07, 6.45) is 1.92. The van der Waals surface area contributed by atoms with Crippen LogP contribution in [0.5, 0.6) is 0 Å². The molecule has 0 bridgehead atoms. The van der Waals surface area contributed by atoms with Crippen LogP contribution >= 0.6 is 23.1 Å². The molecule has 0 saturated carbocycles. The molecule has 0 aliphatic rings. The van der Waals surface area contributed by atoms with Crippen LogP contribution in [0.25, 0.3) is 16.4 Å². The summed E-state index contributed by atoms with van der Waals surface area (Å²) in [5.41, 5.74) is 2.22. The number of rotatable bonds is 4. The van der Waals surface area contributed by atoms with Gasteiger partial charge < -0.3 is 9.14 Å². The normalized spacial score (nSPS) is 11.0. The molecule has 6 heteroatoms. The molecule has 0 radical (unpaired) electrons. The number of hydrogen-bond acceptors (Lipinski definition) is 5. The summed E-state index contributed by atoms with van der Waals surface area (Å²) in [6, 6.07) is 7.93. The van der Waals surface area contributed by atoms with Gasteiger partial charge in [0.05, 0.1) is 27.4 Å². The van der Waals surface area contributed by atoms with Gasteiger partial charge in [0.2, 0.25) is 0 Å². The number of fused-ring (bicyclic) bond motifs is 3. The van der Waals surface area contributed by atoms with Gasteiger partial charge in [0.15, 0.2) is 0 Å². The van der Waals surface area contributed by atoms with E-state index in [4.69, 9.17) is 4.74 Å². The van der Waals surface area contributed by atoms with Gasteiger partial charge in [-0.3, -0.25) is 0 Å². The number of carbonyl (C=O) groups is 1. The minimum absolute atomic E-state index is 0.313. The van der Waals surface area contributed by atoms with Crippen molar-refractivity contribution in [1.82, 2.24) is 4.40 Å². The van der Waals surface area contributed by atoms with E-state index in [-0.39, 0.29) is 5.97 Å². The van der Waals surface area contributed by atoms with Gasteiger partial charge >= 0.3 is 5.97 Å². The molecule has 0 atom stereocenters. The monoisotopic (exact) mass is 330 g/mol. The van der Waals surface area contributed by atoms with E-state index < -0.39 is 0 Å². The number of esters is 1. The van der Waals surface area contributed by atoms with Gasteiger partial charge in [-0.1, -0.05) is 13.0 Å². The highest BCUT2D eigenvalue weighted by Gasteiger charge is 2.26. The van der Waals surface area contributed by atoms with Crippen LogP contribution in [0.15, 0.2) is 28.6 Å². The molecule has 0 aromatic carbocycles. The van der Waals surface area contributed by atoms with E-state index >= 15 is 0 Å². The van der Waals surface area contributed by atoms with Crippen LogP contribution in [0.3, 0.4) is 0 Å². The number of carbonyl (C=O) groups excluding carboxylic acids is 1. The highest BCUT2D eigenvalue weighted by molar-refractivity contribution is 8.01. The minimum Gasteiger partial charge on any atom is -0.462 e. The van der Waals surface area contributed by atoms with Crippen molar-refractivity contribution in [2.75, 3.05) is 12.4 Å². The van der Waals surface area contributed by atoms with Crippen LogP contribution in [0.1, 0.15) is 29.1 Å². The fourth-order valence-electron chi connectivity index (χ4n) is 2.54. The Hall–Kier alpha value is -1.97. The first kappa shape index (κ1) is 14.9. The summed E-state index contributed by atoms with van der Waals surface area (Å²) in [4.78, 5) is 13.0. The topological polar surface area (TPSA) is 54.5 Å². The second-order valence-corrected chi connectivity index (χ2v) is 7.09. The molecule has 0 N–H and O–H groups in total. The van der Waals surface area contributed by atoms with Crippen molar-refractivity contribution in [2.45, 2.75) is 18.1 Å². The number of ether oxygens (including phenoxy) is 1. The molecule has 3 aromatic rings. The van der Waals surface area contributed by atoms with E-state index in [2.05, 4.69) is 13.0 Å². The Balaban J connectivity index is 2.45. The Morgan fingerprint density at radius 3 is 2.95 bits per heavy atom. The quantitative estimate of drug-likeness (QED) is 0.528. The Labute approximate surface area is 136 Å². The van der Waals surface area contributed by atoms with Crippen LogP contribution in [0.2, 0.25) is 0 Å². The summed E-state index contributed by atoms with van der Waals surface area (Å²) in [7, 11) is 0. The van der Waals surface area contributed by atoms with Gasteiger partial charge in [-0.25, -0.2) is 4.79 Å². The third-order valence-corrected chi connectivity index (χ3v) is 5.54. The maximum Gasteiger partial charge on any atom is 0.341 e. The first-order valence-corrected chi connectivity index (χ1v) is 8.78. The molecular formula is C16H14N2O2S2. The van der Waals surface area contributed by atoms with E-state index in [0.717, 1.165) is 21.0 Å². The third kappa shape index (κ3) is 2.18. The molecule has 3 aromatic heterocycles. The number of pyridine rings is 1. The molecule has 3 rings (SSSR count). The lowest BCUT2D eigenvalue weighted by Crippen LogP contribution is -2.04. The zero-order chi connectivity index (χ0) is 15.7. The lowest BCUT2D eigenvalue weighted by Gasteiger charge is -2.01. The zero-order valence-corrected chi connectivity index (χ0v) is 13.9. The van der Waals surface area contributed by atoms with E-state index in [1.54, 1.807) is 18.7 Å². The average molecular weight is 330 g/mol. The van der Waals surface area contributed by atoms with Crippen LogP contribution in [0.4, 0.5) is 0 Å². The summed E-state index contributed by atoms with van der Waals surface area (Å²) < 4.78 is 8.25. The maximum atomic E-state index is 12.4. The Bertz CT molecular complexity index is 902. The van der Waals surface area contributed by atoms with Gasteiger partial charge in [0.1, 0.15) is 10.9 Å². The predicted octanol–water partition coefficient (Wildman–Crippen LogP) is 4.31. The largest absolute Gasteiger partial charge is 0.462 e. The van der Waals surface area contributed by atoms with Crippen molar-refractivity contribution in [3.63, 3.8) is 0 Å². The summed E-state index contributed by atoms with van der Waals surface area (Å²) in [6.45, 7) is 4.17. The molecule has 4 nitrogen and oxygen atoms in total. The highest BCUT2D eigenvalue weighted by Crippen LogP contribution is 2.42. The molecule has 0 saturated heterocycles. The van der Waals surface area contributed by atoms with Gasteiger partial charge in [-0.2, -0.15) is 5.26 Å². The van der Waals surface area contributed by atoms with Crippen LogP contribution in [0, 0.1) is 11.3 Å². The minimum atomic E-state index is -0.372. The molecule has 0 unspecified atom stereocenters. The van der Waals surface area contributed by atoms with Crippen molar-refractivity contribution in [2.24, 2.45) is 0 Å². The molecule has 0 amide bonds. The second-order valence-electron chi connectivity index (χ2n) is 4.54. The number of thiophene rings is 1. The van der Waals surface area contributed by atoms with E-state index in [0.29, 0.717) is 22.4 Å². The number of hydrogen-bond donors (Lipinski definition) is 0. The van der Waals surface area contributed by atoms with Gasteiger partial charge in [0.25, 0.3) is 0 Å². The second kappa shape index (κ2) is 6.03. The Morgan fingerprint density at radius 2 is 2.27 bits per heavy atom. The maximum absolute atomic E-state index is 12.4. The van der Waals surface area contributed by atoms with Crippen molar-refractivity contribution >= 4 is 45.5 Å². The van der Waals surface area contributed by atoms with Crippen molar-refractivity contribution in [3.8, 4) is 6.07 Å². The number of nitriles is 1. The van der Waals surface area contributed by atoms with Crippen molar-refractivity contribution in [1.29, 1.82) is 5.26 Å². The zero-order valence-electron chi connectivity index (χ0n) is 12.3. The molecular weight excluding hydrogens is 316 g/mol. The predicted molar refractivity (Wildman–Crippen MR) is 89.8 cm³/mol. The standard InChI is InChI=1S/C16H14N2O2S2/c1-3-20-15(19)12-10-7-5-6-8-18(10)14-13(12)11(9-17)22-16(14)21-4-2/h5-8H,3-4H2,1-2H3. The van der Waals surface area contributed by atoms with Crippen LogP contribution in [-0.2, 0) is 4.74 Å². The first-order valence-electron chi connectivity index (χ1n) is 6.98. The van der Waals surface area contributed by atoms with Gasteiger partial charge in [0, 0.05) is 11.6 Å². The fraction of sp³-hybridized carbons (Fsp3) is 0.250. The molecule has 3 heterocycles. The lowest BCUT2D eigenvalue weighted by atomic mass is 10.1. The number of thioether (sulfide) groups is 1. The molecule has 0 aliphatic carbocycles. The molecule has 0 fully saturated rings. The van der Waals surface area contributed by atoms with E-state index in [9.17, 15) is 10.1 Å². The van der Waals surface area contributed by atoms with Crippen molar-refractivity contribution in [3.05, 3.63) is 34.8 Å². The third-order valence-electron chi connectivity index (χ3n) is 3.32. The summed E-state index contributed by atoms with van der Waals surface area (Å²) in [5.74, 6) is 0.540. The molecule has 22 heavy (non-hydrogen) atoms. The van der Waals surface area contributed by atoms with E-state index in [1.165, 1.54) is 11.3 Å². The van der Waals surface area contributed by atoms with Crippen LogP contribution in [-0.4, -0.2) is 22.7 Å². The Morgan fingerprint density at radius 1 is 1.45 bits per heavy atom. The van der Waals surface area contributed by atoms with Crippen LogP contribution < -0.4 is 0 Å². The number of aromatic nitrogens is 1. The van der Waals surface area contributed by atoms with E-state index in [1.807, 2.05) is 28.8 Å². The number of nitrogens with zero attached hydrogens (tertiary/aromatic N) is 2. The smallest absolute Gasteiger partial charge is 0.341 e. The van der Waals surface area contributed by atoms with Gasteiger partial charge in [-0.05, 0) is 24.8 Å². The first-order chi connectivity index (χ1) is 10.7. The van der Waals surface area contributed by atoms with Crippen molar-refractivity contribution < 1.29 is 9.53 Å². The molecule has 0 spiro atoms. The molecule has 112 valence electrons. The Kier molecular flexibility index (Phi) is 4.10. The summed E-state index contributed by atoms with van der Waals surface area (Å²) >= 11 is 3.13. The SMILES string of the molecule is CCOC(=O)c1c2c(C#N)sc(SCC)c2n2ccccc12. The average Bonchev–Trinajstić information content (AvgIpc) is 3.04. The summed E-state index contributed by atoms with van der Waals surface area (Å²) in [5, 5.41) is 10.2. The fourth-order valence-corrected chi connectivity index (χ4v) is 4.81. The lowest BCUT2D eigenvalue weighted by molar-refractivity contribution is 0.0531. The molecule has 0 aliphatic heterocycles. The highest BCUT2D eigenvalue weighted by atomic mass is 32.2.